The number of nitrogens with zero attached hydrogens (tertiary/aromatic N) is 5. The Labute approximate surface area is 200 Å². The van der Waals surface area contributed by atoms with Crippen LogP contribution < -0.4 is 4.74 Å². The molecule has 6 nitrogen and oxygen atoms in total. The third-order valence-electron chi connectivity index (χ3n) is 4.67. The van der Waals surface area contributed by atoms with Crippen LogP contribution in [0.1, 0.15) is 5.56 Å². The number of benzene rings is 2. The fraction of sp³-hybridized carbons (Fsp3) is 0.0435. The van der Waals surface area contributed by atoms with Gasteiger partial charge in [-0.2, -0.15) is 22.7 Å². The smallest absolute Gasteiger partial charge is 0.417 e. The van der Waals surface area contributed by atoms with Crippen LogP contribution in [0.2, 0.25) is 5.02 Å². The number of rotatable bonds is 5. The monoisotopic (exact) mass is 499 g/mol. The van der Waals surface area contributed by atoms with Gasteiger partial charge in [0.15, 0.2) is 0 Å². The molecule has 2 aromatic carbocycles. The minimum atomic E-state index is -4.53. The molecule has 0 atom stereocenters. The molecule has 0 fully saturated rings. The Morgan fingerprint density at radius 3 is 2.35 bits per heavy atom. The number of hydrogen-bond donors (Lipinski definition) is 0. The first-order chi connectivity index (χ1) is 16.4. The molecule has 0 amide bonds. The fourth-order valence-corrected chi connectivity index (χ4v) is 4.06. The lowest BCUT2D eigenvalue weighted by Crippen LogP contribution is -2.05. The van der Waals surface area contributed by atoms with Gasteiger partial charge in [0.2, 0.25) is 5.16 Å². The summed E-state index contributed by atoms with van der Waals surface area (Å²) < 4.78 is 45.9. The lowest BCUT2D eigenvalue weighted by molar-refractivity contribution is -0.137. The van der Waals surface area contributed by atoms with Crippen molar-refractivity contribution in [3.05, 3.63) is 89.7 Å². The van der Waals surface area contributed by atoms with Crippen LogP contribution in [-0.2, 0) is 6.18 Å². The summed E-state index contributed by atoms with van der Waals surface area (Å²) in [5.74, 6) is 1.74. The summed E-state index contributed by atoms with van der Waals surface area (Å²) in [5, 5.41) is 4.71. The minimum absolute atomic E-state index is 0.138. The van der Waals surface area contributed by atoms with Gasteiger partial charge in [-0.1, -0.05) is 29.8 Å². The summed E-state index contributed by atoms with van der Waals surface area (Å²) in [6.07, 6.45) is -2.19. The van der Waals surface area contributed by atoms with Gasteiger partial charge in [-0.05, 0) is 60.3 Å². The normalized spacial score (nSPS) is 11.6. The Morgan fingerprint density at radius 1 is 0.912 bits per heavy atom. The average molecular weight is 500 g/mol. The molecule has 0 radical (unpaired) electrons. The molecule has 11 heteroatoms. The maximum Gasteiger partial charge on any atom is 0.417 e. The Balaban J connectivity index is 1.41. The lowest BCUT2D eigenvalue weighted by Gasteiger charge is -2.08. The maximum absolute atomic E-state index is 12.9. The number of ether oxygens (including phenoxy) is 1. The van der Waals surface area contributed by atoms with Crippen LogP contribution in [0.3, 0.4) is 0 Å². The van der Waals surface area contributed by atoms with Gasteiger partial charge >= 0.3 is 6.18 Å². The number of alkyl halides is 3. The van der Waals surface area contributed by atoms with Crippen LogP contribution >= 0.6 is 23.4 Å². The maximum atomic E-state index is 12.9. The standard InChI is InChI=1S/C23H13ClF3N5OS/c24-18-12-15(23(25,26)27)13-29-20(18)34-22-30-21-28-11-10-19(32(21)31-22)14-6-8-17(9-7-14)33-16-4-2-1-3-5-16/h1-13H. The van der Waals surface area contributed by atoms with E-state index < -0.39 is 11.7 Å². The minimum Gasteiger partial charge on any atom is -0.457 e. The van der Waals surface area contributed by atoms with E-state index >= 15 is 0 Å². The molecule has 0 aliphatic rings. The van der Waals surface area contributed by atoms with E-state index in [1.165, 1.54) is 0 Å². The van der Waals surface area contributed by atoms with Gasteiger partial charge in [0, 0.05) is 18.0 Å². The number of aromatic nitrogens is 5. The number of para-hydroxylation sites is 1. The summed E-state index contributed by atoms with van der Waals surface area (Å²) in [5.41, 5.74) is 0.649. The molecule has 0 aliphatic heterocycles. The van der Waals surface area contributed by atoms with Gasteiger partial charge < -0.3 is 4.74 Å². The van der Waals surface area contributed by atoms with Crippen molar-refractivity contribution >= 4 is 29.1 Å². The van der Waals surface area contributed by atoms with Gasteiger partial charge in [0.1, 0.15) is 16.5 Å². The molecule has 5 aromatic rings. The average Bonchev–Trinajstić information content (AvgIpc) is 3.24. The third kappa shape index (κ3) is 4.68. The van der Waals surface area contributed by atoms with E-state index in [2.05, 4.69) is 20.1 Å². The van der Waals surface area contributed by atoms with Gasteiger partial charge in [0.05, 0.1) is 16.3 Å². The predicted molar refractivity (Wildman–Crippen MR) is 121 cm³/mol. The summed E-state index contributed by atoms with van der Waals surface area (Å²) >= 11 is 6.96. The topological polar surface area (TPSA) is 65.2 Å². The summed E-state index contributed by atoms with van der Waals surface area (Å²) in [4.78, 5) is 12.4. The van der Waals surface area contributed by atoms with E-state index in [-0.39, 0.29) is 15.2 Å². The highest BCUT2D eigenvalue weighted by atomic mass is 35.5. The third-order valence-corrected chi connectivity index (χ3v) is 5.95. The Hall–Kier alpha value is -3.63. The van der Waals surface area contributed by atoms with Gasteiger partial charge in [-0.25, -0.2) is 9.97 Å². The second-order valence-electron chi connectivity index (χ2n) is 6.99. The predicted octanol–water partition coefficient (Wildman–Crippen LogP) is 6.80. The highest BCUT2D eigenvalue weighted by Gasteiger charge is 2.31. The second-order valence-corrected chi connectivity index (χ2v) is 8.35. The van der Waals surface area contributed by atoms with E-state index in [9.17, 15) is 13.2 Å². The number of hydrogen-bond acceptors (Lipinski definition) is 6. The van der Waals surface area contributed by atoms with Crippen molar-refractivity contribution < 1.29 is 17.9 Å². The molecule has 170 valence electrons. The molecular formula is C23H13ClF3N5OS. The molecule has 0 N–H and O–H groups in total. The molecular weight excluding hydrogens is 487 g/mol. The van der Waals surface area contributed by atoms with Crippen molar-refractivity contribution in [1.29, 1.82) is 0 Å². The second kappa shape index (κ2) is 8.96. The van der Waals surface area contributed by atoms with Crippen molar-refractivity contribution in [2.75, 3.05) is 0 Å². The lowest BCUT2D eigenvalue weighted by atomic mass is 10.1. The fourth-order valence-electron chi connectivity index (χ4n) is 3.10. The molecule has 0 spiro atoms. The first-order valence-electron chi connectivity index (χ1n) is 9.82. The van der Waals surface area contributed by atoms with Crippen molar-refractivity contribution in [3.63, 3.8) is 0 Å². The molecule has 3 heterocycles. The quantitative estimate of drug-likeness (QED) is 0.265. The zero-order valence-corrected chi connectivity index (χ0v) is 18.6. The van der Waals surface area contributed by atoms with Gasteiger partial charge in [-0.3, -0.25) is 0 Å². The Morgan fingerprint density at radius 2 is 1.65 bits per heavy atom. The van der Waals surface area contributed by atoms with Crippen LogP contribution in [-0.4, -0.2) is 24.6 Å². The summed E-state index contributed by atoms with van der Waals surface area (Å²) in [7, 11) is 0. The Kier molecular flexibility index (Phi) is 5.84. The molecule has 5 rings (SSSR count). The van der Waals surface area contributed by atoms with Crippen LogP contribution in [0.15, 0.2) is 89.3 Å². The van der Waals surface area contributed by atoms with E-state index in [4.69, 9.17) is 16.3 Å². The molecule has 3 aromatic heterocycles. The molecule has 0 unspecified atom stereocenters. The zero-order chi connectivity index (χ0) is 23.7. The highest BCUT2D eigenvalue weighted by molar-refractivity contribution is 7.99. The largest absolute Gasteiger partial charge is 0.457 e. The van der Waals surface area contributed by atoms with Crippen LogP contribution in [0, 0.1) is 0 Å². The number of fused-ring (bicyclic) bond motifs is 1. The molecule has 0 saturated carbocycles. The number of pyridine rings is 1. The first kappa shape index (κ1) is 22.2. The Bertz CT molecular complexity index is 1460. The molecule has 0 aliphatic carbocycles. The first-order valence-corrected chi connectivity index (χ1v) is 11.0. The van der Waals surface area contributed by atoms with Crippen LogP contribution in [0.5, 0.6) is 11.5 Å². The summed E-state index contributed by atoms with van der Waals surface area (Å²) in [6.45, 7) is 0. The van der Waals surface area contributed by atoms with Crippen molar-refractivity contribution in [2.45, 2.75) is 16.4 Å². The van der Waals surface area contributed by atoms with Crippen molar-refractivity contribution in [2.24, 2.45) is 0 Å². The highest BCUT2D eigenvalue weighted by Crippen LogP contribution is 2.35. The zero-order valence-electron chi connectivity index (χ0n) is 17.1. The number of halogens is 4. The molecule has 34 heavy (non-hydrogen) atoms. The van der Waals surface area contributed by atoms with E-state index in [1.54, 1.807) is 16.8 Å². The van der Waals surface area contributed by atoms with Crippen molar-refractivity contribution in [3.8, 4) is 22.8 Å². The van der Waals surface area contributed by atoms with Crippen molar-refractivity contribution in [1.82, 2.24) is 24.6 Å². The van der Waals surface area contributed by atoms with Gasteiger partial charge in [-0.15, -0.1) is 5.10 Å². The van der Waals surface area contributed by atoms with E-state index in [0.717, 1.165) is 41.0 Å². The van der Waals surface area contributed by atoms with Crippen LogP contribution in [0.4, 0.5) is 13.2 Å². The van der Waals surface area contributed by atoms with Gasteiger partial charge in [0.25, 0.3) is 5.78 Å². The van der Waals surface area contributed by atoms with Crippen LogP contribution in [0.25, 0.3) is 17.0 Å². The molecule has 0 saturated heterocycles. The van der Waals surface area contributed by atoms with E-state index in [1.807, 2.05) is 54.6 Å². The molecule has 0 bridgehead atoms. The SMILES string of the molecule is FC(F)(F)c1cnc(Sc2nc3nccc(-c4ccc(Oc5ccccc5)cc4)n3n2)c(Cl)c1. The summed E-state index contributed by atoms with van der Waals surface area (Å²) in [6, 6.07) is 19.5. The van der Waals surface area contributed by atoms with E-state index in [0.29, 0.717) is 11.5 Å².